The largest absolute Gasteiger partial charge is 0.484 e. The van der Waals surface area contributed by atoms with Gasteiger partial charge >= 0.3 is 5.97 Å². The van der Waals surface area contributed by atoms with Crippen LogP contribution in [0.5, 0.6) is 5.75 Å². The molecule has 1 aromatic carbocycles. The lowest BCUT2D eigenvalue weighted by atomic mass is 10.2. The molecule has 98 valence electrons. The summed E-state index contributed by atoms with van der Waals surface area (Å²) in [6.07, 6.45) is 0.941. The normalized spacial score (nSPS) is 11.7. The lowest BCUT2D eigenvalue weighted by Gasteiger charge is -2.10. The van der Waals surface area contributed by atoms with Crippen molar-refractivity contribution in [2.75, 3.05) is 6.61 Å². The zero-order valence-electron chi connectivity index (χ0n) is 10.5. The molecule has 0 unspecified atom stereocenters. The van der Waals surface area contributed by atoms with Crippen LogP contribution in [0.25, 0.3) is 0 Å². The fourth-order valence-corrected chi connectivity index (χ4v) is 1.32. The van der Waals surface area contributed by atoms with Crippen LogP contribution in [-0.2, 0) is 16.0 Å². The molecule has 0 aliphatic heterocycles. The van der Waals surface area contributed by atoms with E-state index in [1.54, 1.807) is 12.1 Å². The van der Waals surface area contributed by atoms with E-state index >= 15 is 0 Å². The fourth-order valence-electron chi connectivity index (χ4n) is 1.32. The van der Waals surface area contributed by atoms with Crippen LogP contribution in [0.4, 0.5) is 0 Å². The van der Waals surface area contributed by atoms with Crippen LogP contribution >= 0.6 is 0 Å². The Morgan fingerprint density at radius 1 is 1.33 bits per heavy atom. The standard InChI is InChI=1S/C13H17NO4/c1-3-10-4-6-11(7-5-10)18-8-12(15)14-9(2)13(16)17/h4-7,9H,3,8H2,1-2H3,(H,14,15)(H,16,17)/t9-/m0/s1. The van der Waals surface area contributed by atoms with Crippen molar-refractivity contribution in [2.45, 2.75) is 26.3 Å². The number of aryl methyl sites for hydroxylation is 1. The molecule has 0 radical (unpaired) electrons. The zero-order chi connectivity index (χ0) is 13.5. The first-order valence-electron chi connectivity index (χ1n) is 5.76. The summed E-state index contributed by atoms with van der Waals surface area (Å²) < 4.78 is 5.24. The van der Waals surface area contributed by atoms with Crippen LogP contribution in [0.2, 0.25) is 0 Å². The number of carbonyl (C=O) groups excluding carboxylic acids is 1. The van der Waals surface area contributed by atoms with Gasteiger partial charge in [0.2, 0.25) is 0 Å². The summed E-state index contributed by atoms with van der Waals surface area (Å²) in [5, 5.41) is 10.9. The molecule has 0 aromatic heterocycles. The first kappa shape index (κ1) is 14.0. The molecule has 0 saturated carbocycles. The molecule has 1 aromatic rings. The maximum atomic E-state index is 11.4. The van der Waals surface area contributed by atoms with Gasteiger partial charge in [-0.05, 0) is 31.0 Å². The molecule has 1 rings (SSSR count). The molecule has 0 saturated heterocycles. The second-order valence-corrected chi connectivity index (χ2v) is 3.91. The first-order valence-corrected chi connectivity index (χ1v) is 5.76. The molecule has 0 aliphatic carbocycles. The first-order chi connectivity index (χ1) is 8.52. The minimum absolute atomic E-state index is 0.191. The predicted octanol–water partition coefficient (Wildman–Crippen LogP) is 1.22. The number of rotatable bonds is 6. The predicted molar refractivity (Wildman–Crippen MR) is 66.6 cm³/mol. The summed E-state index contributed by atoms with van der Waals surface area (Å²) in [4.78, 5) is 21.9. The van der Waals surface area contributed by atoms with Crippen molar-refractivity contribution >= 4 is 11.9 Å². The Morgan fingerprint density at radius 3 is 2.44 bits per heavy atom. The van der Waals surface area contributed by atoms with Gasteiger partial charge in [0.25, 0.3) is 5.91 Å². The topological polar surface area (TPSA) is 75.6 Å². The molecule has 5 nitrogen and oxygen atoms in total. The SMILES string of the molecule is CCc1ccc(OCC(=O)N[C@@H](C)C(=O)O)cc1. The quantitative estimate of drug-likeness (QED) is 0.797. The van der Waals surface area contributed by atoms with Crippen LogP contribution in [-0.4, -0.2) is 29.6 Å². The van der Waals surface area contributed by atoms with Crippen LogP contribution in [0.3, 0.4) is 0 Å². The van der Waals surface area contributed by atoms with Gasteiger partial charge in [-0.15, -0.1) is 0 Å². The number of benzene rings is 1. The van der Waals surface area contributed by atoms with Gasteiger partial charge in [0.05, 0.1) is 0 Å². The Balaban J connectivity index is 2.40. The van der Waals surface area contributed by atoms with Gasteiger partial charge in [-0.25, -0.2) is 0 Å². The summed E-state index contributed by atoms with van der Waals surface area (Å²) in [6, 6.07) is 6.50. The number of amides is 1. The highest BCUT2D eigenvalue weighted by Gasteiger charge is 2.13. The van der Waals surface area contributed by atoms with E-state index in [1.165, 1.54) is 12.5 Å². The van der Waals surface area contributed by atoms with Crippen LogP contribution in [0, 0.1) is 0 Å². The second kappa shape index (κ2) is 6.64. The maximum absolute atomic E-state index is 11.4. The second-order valence-electron chi connectivity index (χ2n) is 3.91. The molecule has 0 bridgehead atoms. The number of carboxylic acid groups (broad SMARTS) is 1. The number of carbonyl (C=O) groups is 2. The summed E-state index contributed by atoms with van der Waals surface area (Å²) in [5.41, 5.74) is 1.19. The number of nitrogens with one attached hydrogen (secondary N) is 1. The van der Waals surface area contributed by atoms with Crippen molar-refractivity contribution in [3.05, 3.63) is 29.8 Å². The third kappa shape index (κ3) is 4.45. The third-order valence-corrected chi connectivity index (χ3v) is 2.45. The highest BCUT2D eigenvalue weighted by atomic mass is 16.5. The van der Waals surface area contributed by atoms with Crippen molar-refractivity contribution in [2.24, 2.45) is 0 Å². The zero-order valence-corrected chi connectivity index (χ0v) is 10.5. The average molecular weight is 251 g/mol. The Kier molecular flexibility index (Phi) is 5.17. The van der Waals surface area contributed by atoms with E-state index in [9.17, 15) is 9.59 Å². The summed E-state index contributed by atoms with van der Waals surface area (Å²) in [6.45, 7) is 3.26. The van der Waals surface area contributed by atoms with E-state index < -0.39 is 17.9 Å². The van der Waals surface area contributed by atoms with Crippen molar-refractivity contribution in [3.8, 4) is 5.75 Å². The van der Waals surface area contributed by atoms with E-state index in [4.69, 9.17) is 9.84 Å². The average Bonchev–Trinajstić information content (AvgIpc) is 2.36. The fraction of sp³-hybridized carbons (Fsp3) is 0.385. The minimum Gasteiger partial charge on any atom is -0.484 e. The lowest BCUT2D eigenvalue weighted by molar-refractivity contribution is -0.141. The van der Waals surface area contributed by atoms with Gasteiger partial charge in [0, 0.05) is 0 Å². The van der Waals surface area contributed by atoms with Gasteiger partial charge in [-0.3, -0.25) is 9.59 Å². The number of carboxylic acids is 1. The molecule has 0 spiro atoms. The molecule has 1 atom stereocenters. The van der Waals surface area contributed by atoms with E-state index in [0.29, 0.717) is 5.75 Å². The van der Waals surface area contributed by atoms with Gasteiger partial charge in [0.15, 0.2) is 6.61 Å². The Bertz CT molecular complexity index is 414. The monoisotopic (exact) mass is 251 g/mol. The van der Waals surface area contributed by atoms with Gasteiger partial charge in [0.1, 0.15) is 11.8 Å². The van der Waals surface area contributed by atoms with Crippen molar-refractivity contribution < 1.29 is 19.4 Å². The summed E-state index contributed by atoms with van der Waals surface area (Å²) >= 11 is 0. The molecular formula is C13H17NO4. The molecular weight excluding hydrogens is 234 g/mol. The number of hydrogen-bond donors (Lipinski definition) is 2. The summed E-state index contributed by atoms with van der Waals surface area (Å²) in [7, 11) is 0. The third-order valence-electron chi connectivity index (χ3n) is 2.45. The molecule has 2 N–H and O–H groups in total. The van der Waals surface area contributed by atoms with Crippen LogP contribution in [0.1, 0.15) is 19.4 Å². The van der Waals surface area contributed by atoms with Gasteiger partial charge in [-0.2, -0.15) is 0 Å². The van der Waals surface area contributed by atoms with E-state index in [0.717, 1.165) is 6.42 Å². The van der Waals surface area contributed by atoms with Crippen molar-refractivity contribution in [3.63, 3.8) is 0 Å². The number of ether oxygens (including phenoxy) is 1. The number of aliphatic carboxylic acids is 1. The highest BCUT2D eigenvalue weighted by Crippen LogP contribution is 2.12. The Hall–Kier alpha value is -2.04. The summed E-state index contributed by atoms with van der Waals surface area (Å²) in [5.74, 6) is -0.939. The lowest BCUT2D eigenvalue weighted by Crippen LogP contribution is -2.40. The smallest absolute Gasteiger partial charge is 0.325 e. The molecule has 5 heteroatoms. The molecule has 0 fully saturated rings. The van der Waals surface area contributed by atoms with Gasteiger partial charge < -0.3 is 15.2 Å². The van der Waals surface area contributed by atoms with Crippen molar-refractivity contribution in [1.82, 2.24) is 5.32 Å². The Labute approximate surface area is 106 Å². The molecule has 18 heavy (non-hydrogen) atoms. The van der Waals surface area contributed by atoms with Crippen LogP contribution < -0.4 is 10.1 Å². The van der Waals surface area contributed by atoms with Crippen molar-refractivity contribution in [1.29, 1.82) is 0 Å². The van der Waals surface area contributed by atoms with Gasteiger partial charge in [-0.1, -0.05) is 19.1 Å². The maximum Gasteiger partial charge on any atom is 0.325 e. The van der Waals surface area contributed by atoms with E-state index in [-0.39, 0.29) is 6.61 Å². The van der Waals surface area contributed by atoms with Crippen LogP contribution in [0.15, 0.2) is 24.3 Å². The molecule has 1 amide bonds. The van der Waals surface area contributed by atoms with E-state index in [2.05, 4.69) is 12.2 Å². The highest BCUT2D eigenvalue weighted by molar-refractivity contribution is 5.84. The number of hydrogen-bond acceptors (Lipinski definition) is 3. The Morgan fingerprint density at radius 2 is 1.94 bits per heavy atom. The molecule has 0 heterocycles. The van der Waals surface area contributed by atoms with E-state index in [1.807, 2.05) is 12.1 Å². The molecule has 0 aliphatic rings. The minimum atomic E-state index is -1.07.